The van der Waals surface area contributed by atoms with Crippen molar-refractivity contribution in [1.29, 1.82) is 0 Å². The van der Waals surface area contributed by atoms with E-state index in [1.54, 1.807) is 0 Å². The van der Waals surface area contributed by atoms with Crippen molar-refractivity contribution >= 4 is 60.3 Å². The van der Waals surface area contributed by atoms with Gasteiger partial charge in [-0.25, -0.2) is 13.1 Å². The smallest absolute Gasteiger partial charge is 0.281 e. The molecule has 0 saturated heterocycles. The Hall–Kier alpha value is -3.34. The highest BCUT2D eigenvalue weighted by Crippen LogP contribution is 2.27. The van der Waals surface area contributed by atoms with Crippen LogP contribution in [-0.2, 0) is 27.7 Å². The lowest BCUT2D eigenvalue weighted by molar-refractivity contribution is -0.120. The highest BCUT2D eigenvalue weighted by molar-refractivity contribution is 9.10. The number of ether oxygens (including phenoxy) is 1. The molecule has 0 atom stereocenters. The van der Waals surface area contributed by atoms with Gasteiger partial charge in [0.15, 0.2) is 0 Å². The summed E-state index contributed by atoms with van der Waals surface area (Å²) >= 11 is 9.59. The van der Waals surface area contributed by atoms with Crippen molar-refractivity contribution < 1.29 is 22.7 Å². The van der Waals surface area contributed by atoms with Gasteiger partial charge in [0.05, 0.1) is 18.8 Å². The number of amides is 2. The van der Waals surface area contributed by atoms with E-state index in [1.807, 2.05) is 74.5 Å². The largest absolute Gasteiger partial charge is 0.494 e. The number of rotatable bonds is 12. The molecule has 0 spiro atoms. The summed E-state index contributed by atoms with van der Waals surface area (Å²) in [4.78, 5) is 28.4. The molecular formula is C30H31BrClN3O5S. The molecule has 3 aromatic carbocycles. The topological polar surface area (TPSA) is 117 Å². The molecule has 0 aliphatic rings. The second kappa shape index (κ2) is 13.5. The monoisotopic (exact) mass is 659 g/mol. The third-order valence-electron chi connectivity index (χ3n) is 6.51. The Bertz CT molecular complexity index is 1650. The van der Waals surface area contributed by atoms with Gasteiger partial charge in [-0.3, -0.25) is 9.59 Å². The third kappa shape index (κ3) is 8.34. The van der Waals surface area contributed by atoms with E-state index in [9.17, 15) is 18.0 Å². The molecule has 0 radical (unpaired) electrons. The van der Waals surface area contributed by atoms with Gasteiger partial charge in [-0.2, -0.15) is 0 Å². The van der Waals surface area contributed by atoms with Gasteiger partial charge in [-0.15, -0.1) is 0 Å². The first-order chi connectivity index (χ1) is 19.5. The first-order valence-corrected chi connectivity index (χ1v) is 15.9. The van der Waals surface area contributed by atoms with E-state index >= 15 is 0 Å². The fourth-order valence-corrected chi connectivity index (χ4v) is 5.73. The van der Waals surface area contributed by atoms with Crippen molar-refractivity contribution in [2.75, 3.05) is 18.9 Å². The van der Waals surface area contributed by atoms with Crippen LogP contribution in [0.1, 0.15) is 39.2 Å². The molecule has 1 aromatic heterocycles. The molecule has 0 unspecified atom stereocenters. The van der Waals surface area contributed by atoms with Crippen LogP contribution in [0.3, 0.4) is 0 Å². The minimum Gasteiger partial charge on any atom is -0.494 e. The van der Waals surface area contributed by atoms with Gasteiger partial charge >= 0.3 is 0 Å². The van der Waals surface area contributed by atoms with Crippen LogP contribution in [0.5, 0.6) is 5.75 Å². The van der Waals surface area contributed by atoms with Crippen molar-refractivity contribution in [2.45, 2.75) is 33.1 Å². The predicted molar refractivity (Wildman–Crippen MR) is 165 cm³/mol. The van der Waals surface area contributed by atoms with Crippen molar-refractivity contribution in [3.63, 3.8) is 0 Å². The normalized spacial score (nSPS) is 11.4. The molecule has 0 fully saturated rings. The number of aryl methyl sites for hydroxylation is 3. The fraction of sp³-hybridized carbons (Fsp3) is 0.267. The molecule has 0 aliphatic heterocycles. The highest BCUT2D eigenvalue weighted by Gasteiger charge is 2.22. The molecule has 3 N–H and O–H groups in total. The van der Waals surface area contributed by atoms with Crippen LogP contribution in [0.4, 0.5) is 0 Å². The minimum atomic E-state index is -4.01. The molecule has 0 aliphatic carbocycles. The summed E-state index contributed by atoms with van der Waals surface area (Å²) in [7, 11) is -4.01. The SMILES string of the molecule is Cc1cc(OCCCc2c(C(=O)NS(=O)(=O)CCNC(=O)Cc3ccc(Br)cc3)[nH]c3ccccc23)cc(C)c1Cl. The lowest BCUT2D eigenvalue weighted by Gasteiger charge is -2.11. The predicted octanol–water partition coefficient (Wildman–Crippen LogP) is 5.63. The number of fused-ring (bicyclic) bond motifs is 1. The lowest BCUT2D eigenvalue weighted by Crippen LogP contribution is -2.38. The Morgan fingerprint density at radius 3 is 2.41 bits per heavy atom. The molecule has 4 aromatic rings. The van der Waals surface area contributed by atoms with Crippen LogP contribution in [-0.4, -0.2) is 44.1 Å². The maximum atomic E-state index is 13.1. The van der Waals surface area contributed by atoms with E-state index in [2.05, 4.69) is 31.0 Å². The Balaban J connectivity index is 1.35. The molecule has 41 heavy (non-hydrogen) atoms. The molecule has 0 saturated carbocycles. The number of hydrogen-bond donors (Lipinski definition) is 3. The van der Waals surface area contributed by atoms with Gasteiger partial charge in [0.25, 0.3) is 5.91 Å². The summed E-state index contributed by atoms with van der Waals surface area (Å²) in [6.45, 7) is 4.12. The van der Waals surface area contributed by atoms with Gasteiger partial charge in [0.2, 0.25) is 15.9 Å². The number of H-pyrrole nitrogens is 1. The van der Waals surface area contributed by atoms with Gasteiger partial charge in [-0.1, -0.05) is 57.9 Å². The first kappa shape index (κ1) is 30.6. The maximum Gasteiger partial charge on any atom is 0.281 e. The second-order valence-corrected chi connectivity index (χ2v) is 12.9. The number of halogens is 2. The Labute approximate surface area is 253 Å². The number of para-hydroxylation sites is 1. The number of aromatic amines is 1. The summed E-state index contributed by atoms with van der Waals surface area (Å²) in [6, 6.07) is 18.5. The average molecular weight is 661 g/mol. The number of carbonyl (C=O) groups excluding carboxylic acids is 2. The molecule has 1 heterocycles. The molecule has 4 rings (SSSR count). The number of carbonyl (C=O) groups is 2. The van der Waals surface area contributed by atoms with E-state index in [4.69, 9.17) is 16.3 Å². The molecular weight excluding hydrogens is 630 g/mol. The van der Waals surface area contributed by atoms with Crippen LogP contribution in [0, 0.1) is 13.8 Å². The number of aromatic nitrogens is 1. The molecule has 216 valence electrons. The average Bonchev–Trinajstić information content (AvgIpc) is 3.29. The quantitative estimate of drug-likeness (QED) is 0.170. The standard InChI is InChI=1S/C30H31BrClN3O5S/c1-19-16-23(17-20(2)28(19)32)40-14-5-7-25-24-6-3-4-8-26(24)34-29(25)30(37)35-41(38,39)15-13-33-27(36)18-21-9-11-22(31)12-10-21/h3-4,6,8-12,16-17,34H,5,7,13-15,18H2,1-2H3,(H,33,36)(H,35,37). The van der Waals surface area contributed by atoms with Crippen LogP contribution >= 0.6 is 27.5 Å². The van der Waals surface area contributed by atoms with E-state index in [0.717, 1.165) is 37.8 Å². The second-order valence-electron chi connectivity index (χ2n) is 9.75. The number of benzene rings is 3. The van der Waals surface area contributed by atoms with Crippen LogP contribution in [0.15, 0.2) is 65.1 Å². The van der Waals surface area contributed by atoms with E-state index in [1.165, 1.54) is 0 Å². The zero-order chi connectivity index (χ0) is 29.6. The number of nitrogens with one attached hydrogen (secondary N) is 3. The van der Waals surface area contributed by atoms with E-state index in [-0.39, 0.29) is 24.6 Å². The molecule has 8 nitrogen and oxygen atoms in total. The van der Waals surface area contributed by atoms with E-state index < -0.39 is 21.7 Å². The van der Waals surface area contributed by atoms with E-state index in [0.29, 0.717) is 30.0 Å². The molecule has 0 bridgehead atoms. The molecule has 2 amide bonds. The van der Waals surface area contributed by atoms with Crippen LogP contribution in [0.25, 0.3) is 10.9 Å². The number of sulfonamides is 1. The summed E-state index contributed by atoms with van der Waals surface area (Å²) in [5, 5.41) is 4.15. The summed E-state index contributed by atoms with van der Waals surface area (Å²) in [5.74, 6) is -0.773. The molecule has 11 heteroatoms. The van der Waals surface area contributed by atoms with Gasteiger partial charge < -0.3 is 15.0 Å². The van der Waals surface area contributed by atoms with Gasteiger partial charge in [0, 0.05) is 26.9 Å². The first-order valence-electron chi connectivity index (χ1n) is 13.1. The summed E-state index contributed by atoms with van der Waals surface area (Å²) in [5.41, 5.74) is 4.30. The Morgan fingerprint density at radius 2 is 1.71 bits per heavy atom. The van der Waals surface area contributed by atoms with Crippen molar-refractivity contribution in [3.8, 4) is 5.75 Å². The zero-order valence-electron chi connectivity index (χ0n) is 22.7. The fourth-order valence-electron chi connectivity index (χ4n) is 4.50. The van der Waals surface area contributed by atoms with Crippen molar-refractivity contribution in [1.82, 2.24) is 15.0 Å². The summed E-state index contributed by atoms with van der Waals surface area (Å²) in [6.07, 6.45) is 1.21. The third-order valence-corrected chi connectivity index (χ3v) is 8.87. The Morgan fingerprint density at radius 1 is 1.02 bits per heavy atom. The van der Waals surface area contributed by atoms with Gasteiger partial charge in [0.1, 0.15) is 11.4 Å². The minimum absolute atomic E-state index is 0.124. The Kier molecular flexibility index (Phi) is 10.1. The van der Waals surface area contributed by atoms with Crippen molar-refractivity contribution in [2.24, 2.45) is 0 Å². The van der Waals surface area contributed by atoms with Crippen molar-refractivity contribution in [3.05, 3.63) is 98.1 Å². The van der Waals surface area contributed by atoms with Crippen LogP contribution < -0.4 is 14.8 Å². The van der Waals surface area contributed by atoms with Gasteiger partial charge in [-0.05, 0) is 79.3 Å². The lowest BCUT2D eigenvalue weighted by atomic mass is 10.1. The van der Waals surface area contributed by atoms with Crippen LogP contribution in [0.2, 0.25) is 5.02 Å². The highest BCUT2D eigenvalue weighted by atomic mass is 79.9. The maximum absolute atomic E-state index is 13.1. The zero-order valence-corrected chi connectivity index (χ0v) is 25.9. The number of hydrogen-bond acceptors (Lipinski definition) is 5. The summed E-state index contributed by atoms with van der Waals surface area (Å²) < 4.78 is 34.3.